The van der Waals surface area contributed by atoms with Crippen LogP contribution in [-0.4, -0.2) is 5.91 Å². The molecule has 0 aliphatic rings. The molecule has 2 aromatic rings. The highest BCUT2D eigenvalue weighted by atomic mass is 19.1. The molecule has 0 aromatic heterocycles. The minimum absolute atomic E-state index is 0.0427. The molecule has 0 aliphatic heterocycles. The second kappa shape index (κ2) is 5.82. The van der Waals surface area contributed by atoms with Gasteiger partial charge in [0.05, 0.1) is 0 Å². The number of anilines is 1. The molecule has 1 amide bonds. The van der Waals surface area contributed by atoms with Gasteiger partial charge in [0.1, 0.15) is 29.0 Å². The van der Waals surface area contributed by atoms with E-state index < -0.39 is 34.9 Å². The summed E-state index contributed by atoms with van der Waals surface area (Å²) >= 11 is 0. The van der Waals surface area contributed by atoms with Crippen molar-refractivity contribution < 1.29 is 22.4 Å². The summed E-state index contributed by atoms with van der Waals surface area (Å²) < 4.78 is 52.5. The highest BCUT2D eigenvalue weighted by Gasteiger charge is 2.13. The molecule has 0 atom stereocenters. The van der Waals surface area contributed by atoms with Gasteiger partial charge in [-0.25, -0.2) is 17.6 Å². The number of hydrogen-bond donors (Lipinski definition) is 2. The van der Waals surface area contributed by atoms with Gasteiger partial charge in [-0.2, -0.15) is 0 Å². The summed E-state index contributed by atoms with van der Waals surface area (Å²) in [5, 5.41) is 2.27. The third kappa shape index (κ3) is 3.31. The molecular formula is C14H10F4N2O. The van der Waals surface area contributed by atoms with Crippen LogP contribution >= 0.6 is 0 Å². The Morgan fingerprint density at radius 1 is 1.00 bits per heavy atom. The van der Waals surface area contributed by atoms with E-state index in [0.717, 1.165) is 24.3 Å². The average Bonchev–Trinajstić information content (AvgIpc) is 2.43. The lowest BCUT2D eigenvalue weighted by atomic mass is 10.1. The molecule has 0 aliphatic carbocycles. The zero-order valence-corrected chi connectivity index (χ0v) is 10.6. The summed E-state index contributed by atoms with van der Waals surface area (Å²) in [5.41, 5.74) is 4.15. The Balaban J connectivity index is 2.12. The number of nitrogens with one attached hydrogen (secondary N) is 1. The van der Waals surface area contributed by atoms with Crippen molar-refractivity contribution in [2.45, 2.75) is 6.54 Å². The Kier molecular flexibility index (Phi) is 4.11. The molecule has 3 nitrogen and oxygen atoms in total. The van der Waals surface area contributed by atoms with Crippen LogP contribution < -0.4 is 11.1 Å². The Morgan fingerprint density at radius 2 is 1.62 bits per heavy atom. The number of amides is 1. The Morgan fingerprint density at radius 3 is 2.19 bits per heavy atom. The van der Waals surface area contributed by atoms with Crippen LogP contribution in [-0.2, 0) is 6.54 Å². The molecule has 0 heterocycles. The smallest absolute Gasteiger partial charge is 0.251 e. The van der Waals surface area contributed by atoms with Crippen molar-refractivity contribution >= 4 is 11.6 Å². The number of nitrogens with two attached hydrogens (primary N) is 1. The van der Waals surface area contributed by atoms with Crippen LogP contribution in [0.2, 0.25) is 0 Å². The lowest BCUT2D eigenvalue weighted by molar-refractivity contribution is 0.0949. The van der Waals surface area contributed by atoms with Crippen molar-refractivity contribution in [3.63, 3.8) is 0 Å². The van der Waals surface area contributed by atoms with Gasteiger partial charge in [-0.3, -0.25) is 4.79 Å². The quantitative estimate of drug-likeness (QED) is 0.676. The maximum absolute atomic E-state index is 13.4. The van der Waals surface area contributed by atoms with Gasteiger partial charge in [0, 0.05) is 23.7 Å². The average molecular weight is 298 g/mol. The monoisotopic (exact) mass is 298 g/mol. The number of rotatable bonds is 3. The first-order valence-corrected chi connectivity index (χ1v) is 5.85. The van der Waals surface area contributed by atoms with Gasteiger partial charge in [0.2, 0.25) is 0 Å². The molecular weight excluding hydrogens is 288 g/mol. The van der Waals surface area contributed by atoms with E-state index in [1.54, 1.807) is 0 Å². The molecule has 0 radical (unpaired) electrons. The lowest BCUT2D eigenvalue weighted by Crippen LogP contribution is -2.23. The maximum atomic E-state index is 13.4. The standard InChI is InChI=1S/C14H10F4N2O/c15-9-2-1-7(10(16)5-9)6-20-14(21)8-3-11(17)13(19)12(18)4-8/h1-5H,6,19H2,(H,20,21). The summed E-state index contributed by atoms with van der Waals surface area (Å²) in [7, 11) is 0. The molecule has 0 fully saturated rings. The van der Waals surface area contributed by atoms with E-state index in [9.17, 15) is 22.4 Å². The van der Waals surface area contributed by atoms with Gasteiger partial charge >= 0.3 is 0 Å². The topological polar surface area (TPSA) is 55.1 Å². The van der Waals surface area contributed by atoms with Crippen molar-refractivity contribution in [3.05, 3.63) is 64.7 Å². The fraction of sp³-hybridized carbons (Fsp3) is 0.0714. The van der Waals surface area contributed by atoms with Gasteiger partial charge < -0.3 is 11.1 Å². The van der Waals surface area contributed by atoms with Crippen LogP contribution in [0.5, 0.6) is 0 Å². The fourth-order valence-electron chi connectivity index (χ4n) is 1.66. The van der Waals surface area contributed by atoms with E-state index >= 15 is 0 Å². The third-order valence-corrected chi connectivity index (χ3v) is 2.80. The number of carbonyl (C=O) groups excluding carboxylic acids is 1. The maximum Gasteiger partial charge on any atom is 0.251 e. The number of carbonyl (C=O) groups is 1. The van der Waals surface area contributed by atoms with E-state index in [0.29, 0.717) is 6.07 Å². The fourth-order valence-corrected chi connectivity index (χ4v) is 1.66. The van der Waals surface area contributed by atoms with Crippen LogP contribution in [0.1, 0.15) is 15.9 Å². The van der Waals surface area contributed by atoms with Crippen molar-refractivity contribution in [1.29, 1.82) is 0 Å². The second-order valence-corrected chi connectivity index (χ2v) is 4.27. The molecule has 0 saturated carbocycles. The van der Waals surface area contributed by atoms with Gasteiger partial charge in [-0.05, 0) is 18.2 Å². The van der Waals surface area contributed by atoms with E-state index in [2.05, 4.69) is 5.32 Å². The molecule has 0 bridgehead atoms. The number of benzene rings is 2. The Bertz CT molecular complexity index is 680. The first kappa shape index (κ1) is 14.8. The van der Waals surface area contributed by atoms with Gasteiger partial charge in [0.25, 0.3) is 5.91 Å². The highest BCUT2D eigenvalue weighted by Crippen LogP contribution is 2.17. The molecule has 2 aromatic carbocycles. The number of halogens is 4. The SMILES string of the molecule is Nc1c(F)cc(C(=O)NCc2ccc(F)cc2F)cc1F. The van der Waals surface area contributed by atoms with E-state index in [-0.39, 0.29) is 17.7 Å². The zero-order chi connectivity index (χ0) is 15.6. The normalized spacial score (nSPS) is 10.5. The van der Waals surface area contributed by atoms with Gasteiger partial charge in [-0.1, -0.05) is 6.07 Å². The molecule has 21 heavy (non-hydrogen) atoms. The molecule has 0 unspecified atom stereocenters. The summed E-state index contributed by atoms with van der Waals surface area (Å²) in [6.07, 6.45) is 0. The predicted molar refractivity (Wildman–Crippen MR) is 68.3 cm³/mol. The van der Waals surface area contributed by atoms with Crippen LogP contribution in [0.25, 0.3) is 0 Å². The second-order valence-electron chi connectivity index (χ2n) is 4.27. The molecule has 2 rings (SSSR count). The van der Waals surface area contributed by atoms with Crippen molar-refractivity contribution in [3.8, 4) is 0 Å². The van der Waals surface area contributed by atoms with E-state index in [1.165, 1.54) is 0 Å². The molecule has 3 N–H and O–H groups in total. The summed E-state index contributed by atoms with van der Waals surface area (Å²) in [6, 6.07) is 4.41. The van der Waals surface area contributed by atoms with Crippen LogP contribution in [0.4, 0.5) is 23.2 Å². The number of hydrogen-bond acceptors (Lipinski definition) is 2. The van der Waals surface area contributed by atoms with Gasteiger partial charge in [-0.15, -0.1) is 0 Å². The summed E-state index contributed by atoms with van der Waals surface area (Å²) in [5.74, 6) is -4.51. The zero-order valence-electron chi connectivity index (χ0n) is 10.6. The largest absolute Gasteiger partial charge is 0.394 e. The van der Waals surface area contributed by atoms with Crippen LogP contribution in [0, 0.1) is 23.3 Å². The van der Waals surface area contributed by atoms with Crippen molar-refractivity contribution in [1.82, 2.24) is 5.32 Å². The van der Waals surface area contributed by atoms with E-state index in [1.807, 2.05) is 0 Å². The predicted octanol–water partition coefficient (Wildman–Crippen LogP) is 2.76. The highest BCUT2D eigenvalue weighted by molar-refractivity contribution is 5.94. The minimum atomic E-state index is -1.06. The number of nitrogen functional groups attached to an aromatic ring is 1. The van der Waals surface area contributed by atoms with Crippen molar-refractivity contribution in [2.24, 2.45) is 0 Å². The molecule has 7 heteroatoms. The van der Waals surface area contributed by atoms with Crippen molar-refractivity contribution in [2.75, 3.05) is 5.73 Å². The first-order valence-electron chi connectivity index (χ1n) is 5.85. The Labute approximate surface area is 117 Å². The summed E-state index contributed by atoms with van der Waals surface area (Å²) in [4.78, 5) is 11.7. The minimum Gasteiger partial charge on any atom is -0.394 e. The Hall–Kier alpha value is -2.57. The van der Waals surface area contributed by atoms with Crippen LogP contribution in [0.15, 0.2) is 30.3 Å². The molecule has 0 spiro atoms. The first-order chi connectivity index (χ1) is 9.88. The van der Waals surface area contributed by atoms with E-state index in [4.69, 9.17) is 5.73 Å². The van der Waals surface area contributed by atoms with Crippen LogP contribution in [0.3, 0.4) is 0 Å². The third-order valence-electron chi connectivity index (χ3n) is 2.80. The summed E-state index contributed by atoms with van der Waals surface area (Å²) in [6.45, 7) is -0.251. The lowest BCUT2D eigenvalue weighted by Gasteiger charge is -2.08. The van der Waals surface area contributed by atoms with Gasteiger partial charge in [0.15, 0.2) is 0 Å². The molecule has 110 valence electrons. The molecule has 0 saturated heterocycles.